The van der Waals surface area contributed by atoms with Gasteiger partial charge in [0.2, 0.25) is 0 Å². The highest BCUT2D eigenvalue weighted by Crippen LogP contribution is 2.03. The molecule has 72 valence electrons. The number of rotatable bonds is 1. The molecule has 1 aromatic carbocycles. The Kier molecular flexibility index (Phi) is 4.17. The van der Waals surface area contributed by atoms with Gasteiger partial charge in [0, 0.05) is 11.1 Å². The second-order valence-corrected chi connectivity index (χ2v) is 3.05. The van der Waals surface area contributed by atoms with Crippen LogP contribution >= 0.6 is 15.9 Å². The number of nitrogen functional groups attached to an aromatic ring is 1. The first kappa shape index (κ1) is 10.8. The third kappa shape index (κ3) is 2.87. The Labute approximate surface area is 90.8 Å². The molecule has 3 N–H and O–H groups in total. The first-order valence-electron chi connectivity index (χ1n) is 3.93. The Morgan fingerprint density at radius 1 is 1.57 bits per heavy atom. The van der Waals surface area contributed by atoms with Crippen LogP contribution in [0.1, 0.15) is 15.9 Å². The van der Waals surface area contributed by atoms with Crippen molar-refractivity contribution >= 4 is 21.8 Å². The van der Waals surface area contributed by atoms with Crippen LogP contribution in [0.25, 0.3) is 0 Å². The minimum atomic E-state index is -0.313. The van der Waals surface area contributed by atoms with Crippen LogP contribution in [0.3, 0.4) is 0 Å². The summed E-state index contributed by atoms with van der Waals surface area (Å²) >= 11 is 3.20. The standard InChI is InChI=1S/C10H9BrN2O/c11-6-2-4-8-3-1-5-9(7-8)10(14)13-12/h1,3,5,7H,6,12H2,(H,13,14). The number of hydrogen-bond donors (Lipinski definition) is 2. The first-order chi connectivity index (χ1) is 6.77. The topological polar surface area (TPSA) is 55.1 Å². The highest BCUT2D eigenvalue weighted by molar-refractivity contribution is 9.09. The van der Waals surface area contributed by atoms with Crippen LogP contribution in [0.4, 0.5) is 0 Å². The number of halogens is 1. The highest BCUT2D eigenvalue weighted by Gasteiger charge is 2.01. The molecule has 1 rings (SSSR count). The van der Waals surface area contributed by atoms with Gasteiger partial charge in [-0.3, -0.25) is 10.2 Å². The molecule has 1 aromatic rings. The van der Waals surface area contributed by atoms with E-state index in [0.29, 0.717) is 10.9 Å². The molecule has 4 heteroatoms. The Morgan fingerprint density at radius 3 is 3.00 bits per heavy atom. The zero-order valence-electron chi connectivity index (χ0n) is 7.38. The number of alkyl halides is 1. The lowest BCUT2D eigenvalue weighted by Gasteiger charge is -1.98. The summed E-state index contributed by atoms with van der Waals surface area (Å²) in [4.78, 5) is 11.1. The van der Waals surface area contributed by atoms with E-state index in [2.05, 4.69) is 33.2 Å². The third-order valence-electron chi connectivity index (χ3n) is 1.56. The predicted molar refractivity (Wildman–Crippen MR) is 58.8 cm³/mol. The fourth-order valence-electron chi connectivity index (χ4n) is 0.957. The normalized spacial score (nSPS) is 8.71. The monoisotopic (exact) mass is 252 g/mol. The average Bonchev–Trinajstić information content (AvgIpc) is 2.25. The predicted octanol–water partition coefficient (Wildman–Crippen LogP) is 1.04. The lowest BCUT2D eigenvalue weighted by Crippen LogP contribution is -2.29. The van der Waals surface area contributed by atoms with Crippen molar-refractivity contribution < 1.29 is 4.79 Å². The number of nitrogens with two attached hydrogens (primary N) is 1. The highest BCUT2D eigenvalue weighted by atomic mass is 79.9. The zero-order valence-corrected chi connectivity index (χ0v) is 8.97. The van der Waals surface area contributed by atoms with Gasteiger partial charge in [0.05, 0.1) is 5.33 Å². The molecule has 0 spiro atoms. The van der Waals surface area contributed by atoms with Crippen molar-refractivity contribution in [1.82, 2.24) is 5.43 Å². The van der Waals surface area contributed by atoms with Gasteiger partial charge < -0.3 is 0 Å². The molecule has 0 saturated heterocycles. The maximum Gasteiger partial charge on any atom is 0.265 e. The molecule has 0 aromatic heterocycles. The molecule has 0 aliphatic rings. The van der Waals surface area contributed by atoms with E-state index in [1.807, 2.05) is 6.07 Å². The van der Waals surface area contributed by atoms with Crippen LogP contribution < -0.4 is 11.3 Å². The molecule has 14 heavy (non-hydrogen) atoms. The van der Waals surface area contributed by atoms with E-state index in [-0.39, 0.29) is 5.91 Å². The van der Waals surface area contributed by atoms with Gasteiger partial charge in [-0.25, -0.2) is 5.84 Å². The fraction of sp³-hybridized carbons (Fsp3) is 0.100. The molecule has 0 fully saturated rings. The number of hydrazine groups is 1. The van der Waals surface area contributed by atoms with Gasteiger partial charge in [0.15, 0.2) is 0 Å². The molecule has 0 bridgehead atoms. The van der Waals surface area contributed by atoms with E-state index in [0.717, 1.165) is 5.56 Å². The Balaban J connectivity index is 2.95. The molecule has 1 amide bonds. The number of hydrogen-bond acceptors (Lipinski definition) is 2. The number of amides is 1. The fourth-order valence-corrected chi connectivity index (χ4v) is 1.10. The summed E-state index contributed by atoms with van der Waals surface area (Å²) in [7, 11) is 0. The summed E-state index contributed by atoms with van der Waals surface area (Å²) in [5.74, 6) is 10.4. The number of carbonyl (C=O) groups excluding carboxylic acids is 1. The van der Waals surface area contributed by atoms with E-state index in [1.54, 1.807) is 18.2 Å². The van der Waals surface area contributed by atoms with Crippen molar-refractivity contribution in [2.24, 2.45) is 5.84 Å². The maximum atomic E-state index is 11.1. The van der Waals surface area contributed by atoms with Gasteiger partial charge >= 0.3 is 0 Å². The lowest BCUT2D eigenvalue weighted by molar-refractivity contribution is 0.0953. The van der Waals surface area contributed by atoms with E-state index in [1.165, 1.54) is 0 Å². The van der Waals surface area contributed by atoms with Crippen LogP contribution in [-0.2, 0) is 0 Å². The van der Waals surface area contributed by atoms with Gasteiger partial charge in [-0.2, -0.15) is 0 Å². The number of nitrogens with one attached hydrogen (secondary N) is 1. The van der Waals surface area contributed by atoms with Gasteiger partial charge in [-0.05, 0) is 18.2 Å². The summed E-state index contributed by atoms with van der Waals surface area (Å²) in [5, 5.41) is 0.611. The van der Waals surface area contributed by atoms with Crippen molar-refractivity contribution in [3.8, 4) is 11.8 Å². The molecule has 0 heterocycles. The van der Waals surface area contributed by atoms with E-state index >= 15 is 0 Å². The van der Waals surface area contributed by atoms with Crippen LogP contribution in [0.15, 0.2) is 24.3 Å². The summed E-state index contributed by atoms with van der Waals surface area (Å²) in [6.07, 6.45) is 0. The van der Waals surface area contributed by atoms with Crippen molar-refractivity contribution in [3.05, 3.63) is 35.4 Å². The molecule has 0 aliphatic heterocycles. The van der Waals surface area contributed by atoms with Gasteiger partial charge in [-0.1, -0.05) is 33.8 Å². The molecule has 0 saturated carbocycles. The number of carbonyl (C=O) groups is 1. The molecular formula is C10H9BrN2O. The van der Waals surface area contributed by atoms with Gasteiger partial charge in [0.25, 0.3) is 5.91 Å². The average molecular weight is 253 g/mol. The Bertz CT molecular complexity index is 393. The maximum absolute atomic E-state index is 11.1. The largest absolute Gasteiger partial charge is 0.290 e. The van der Waals surface area contributed by atoms with Gasteiger partial charge in [-0.15, -0.1) is 0 Å². The SMILES string of the molecule is NNC(=O)c1cccc(C#CCBr)c1. The summed E-state index contributed by atoms with van der Waals surface area (Å²) in [5.41, 5.74) is 3.37. The van der Waals surface area contributed by atoms with Crippen LogP contribution in [0.5, 0.6) is 0 Å². The minimum absolute atomic E-state index is 0.313. The smallest absolute Gasteiger partial charge is 0.265 e. The summed E-state index contributed by atoms with van der Waals surface area (Å²) < 4.78 is 0. The van der Waals surface area contributed by atoms with Crippen molar-refractivity contribution in [3.63, 3.8) is 0 Å². The molecule has 0 aliphatic carbocycles. The van der Waals surface area contributed by atoms with Crippen molar-refractivity contribution in [2.75, 3.05) is 5.33 Å². The minimum Gasteiger partial charge on any atom is -0.290 e. The molecule has 0 unspecified atom stereocenters. The lowest BCUT2D eigenvalue weighted by atomic mass is 10.1. The molecule has 0 radical (unpaired) electrons. The summed E-state index contributed by atoms with van der Waals surface area (Å²) in [6, 6.07) is 6.98. The van der Waals surface area contributed by atoms with Crippen LogP contribution in [0.2, 0.25) is 0 Å². The zero-order chi connectivity index (χ0) is 10.4. The quantitative estimate of drug-likeness (QED) is 0.258. The van der Waals surface area contributed by atoms with Crippen molar-refractivity contribution in [2.45, 2.75) is 0 Å². The summed E-state index contributed by atoms with van der Waals surface area (Å²) in [6.45, 7) is 0. The van der Waals surface area contributed by atoms with Crippen molar-refractivity contribution in [1.29, 1.82) is 0 Å². The van der Waals surface area contributed by atoms with Crippen LogP contribution in [0, 0.1) is 11.8 Å². The first-order valence-corrected chi connectivity index (χ1v) is 5.06. The second kappa shape index (κ2) is 5.43. The Hall–Kier alpha value is -1.31. The van der Waals surface area contributed by atoms with E-state index in [9.17, 15) is 4.79 Å². The molecular weight excluding hydrogens is 244 g/mol. The third-order valence-corrected chi connectivity index (χ3v) is 1.84. The van der Waals surface area contributed by atoms with E-state index < -0.39 is 0 Å². The number of benzene rings is 1. The second-order valence-electron chi connectivity index (χ2n) is 2.49. The van der Waals surface area contributed by atoms with E-state index in [4.69, 9.17) is 5.84 Å². The van der Waals surface area contributed by atoms with Gasteiger partial charge in [0.1, 0.15) is 0 Å². The molecule has 3 nitrogen and oxygen atoms in total. The Morgan fingerprint density at radius 2 is 2.36 bits per heavy atom. The molecule has 0 atom stereocenters. The van der Waals surface area contributed by atoms with Crippen LogP contribution in [-0.4, -0.2) is 11.2 Å².